The minimum atomic E-state index is 1.05. The molecule has 1 aromatic heterocycles. The molecule has 2 nitrogen and oxygen atoms in total. The van der Waals surface area contributed by atoms with Crippen LogP contribution in [0.25, 0.3) is 5.69 Å². The van der Waals surface area contributed by atoms with Gasteiger partial charge in [0.25, 0.3) is 0 Å². The van der Waals surface area contributed by atoms with Crippen molar-refractivity contribution in [1.29, 1.82) is 0 Å². The minimum Gasteiger partial charge on any atom is -0.300 e. The Kier molecular flexibility index (Phi) is 3.13. The normalized spacial score (nSPS) is 10.9. The Labute approximate surface area is 111 Å². The topological polar surface area (TPSA) is 17.8 Å². The quantitative estimate of drug-likeness (QED) is 0.771. The lowest BCUT2D eigenvalue weighted by atomic mass is 10.1. The highest BCUT2D eigenvalue weighted by atomic mass is 79.9. The number of hydrogen-bond acceptors (Lipinski definition) is 1. The zero-order chi connectivity index (χ0) is 12.7. The van der Waals surface area contributed by atoms with Gasteiger partial charge in [-0.15, -0.1) is 0 Å². The Morgan fingerprint density at radius 1 is 1.00 bits per heavy atom. The molecule has 0 atom stereocenters. The van der Waals surface area contributed by atoms with Crippen LogP contribution in [0.1, 0.15) is 28.3 Å². The molecule has 0 aliphatic heterocycles. The van der Waals surface area contributed by atoms with Crippen LogP contribution in [0.5, 0.6) is 0 Å². The van der Waals surface area contributed by atoms with Gasteiger partial charge in [0, 0.05) is 10.2 Å². The number of nitrogens with zero attached hydrogens (tertiary/aromatic N) is 2. The van der Waals surface area contributed by atoms with E-state index in [1.165, 1.54) is 22.5 Å². The molecular formula is C14H17BrN2. The Morgan fingerprint density at radius 2 is 1.53 bits per heavy atom. The standard InChI is InChI=1S/C14H17BrN2/c1-8-6-13(15)7-9(2)14(8)17-11(4)10(3)16-12(17)5/h6-7H,1-5H3. The molecule has 0 aliphatic rings. The molecule has 1 heterocycles. The van der Waals surface area contributed by atoms with E-state index >= 15 is 0 Å². The summed E-state index contributed by atoms with van der Waals surface area (Å²) in [6, 6.07) is 4.30. The molecular weight excluding hydrogens is 276 g/mol. The molecule has 1 aromatic carbocycles. The van der Waals surface area contributed by atoms with Crippen molar-refractivity contribution in [2.75, 3.05) is 0 Å². The largest absolute Gasteiger partial charge is 0.300 e. The fourth-order valence-corrected chi connectivity index (χ4v) is 3.05. The minimum absolute atomic E-state index is 1.05. The maximum atomic E-state index is 4.54. The number of aromatic nitrogens is 2. The number of imidazole rings is 1. The Balaban J connectivity index is 2.77. The van der Waals surface area contributed by atoms with Crippen molar-refractivity contribution in [3.05, 3.63) is 44.9 Å². The number of hydrogen-bond donors (Lipinski definition) is 0. The van der Waals surface area contributed by atoms with Crippen molar-refractivity contribution >= 4 is 15.9 Å². The first-order chi connectivity index (χ1) is 7.91. The zero-order valence-electron chi connectivity index (χ0n) is 10.9. The van der Waals surface area contributed by atoms with E-state index in [9.17, 15) is 0 Å². The average Bonchev–Trinajstić information content (AvgIpc) is 2.43. The highest BCUT2D eigenvalue weighted by Crippen LogP contribution is 2.27. The van der Waals surface area contributed by atoms with Crippen molar-refractivity contribution in [1.82, 2.24) is 9.55 Å². The number of benzene rings is 1. The van der Waals surface area contributed by atoms with Crippen LogP contribution in [0.15, 0.2) is 16.6 Å². The lowest BCUT2D eigenvalue weighted by Crippen LogP contribution is -2.04. The smallest absolute Gasteiger partial charge is 0.110 e. The van der Waals surface area contributed by atoms with Crippen molar-refractivity contribution in [3.63, 3.8) is 0 Å². The predicted octanol–water partition coefficient (Wildman–Crippen LogP) is 4.18. The first-order valence-electron chi connectivity index (χ1n) is 5.71. The van der Waals surface area contributed by atoms with E-state index < -0.39 is 0 Å². The molecule has 2 aromatic rings. The summed E-state index contributed by atoms with van der Waals surface area (Å²) in [5, 5.41) is 0. The van der Waals surface area contributed by atoms with Crippen LogP contribution >= 0.6 is 15.9 Å². The van der Waals surface area contributed by atoms with Crippen molar-refractivity contribution in [2.24, 2.45) is 0 Å². The maximum Gasteiger partial charge on any atom is 0.110 e. The molecule has 0 N–H and O–H groups in total. The van der Waals surface area contributed by atoms with Crippen molar-refractivity contribution < 1.29 is 0 Å². The third-order valence-electron chi connectivity index (χ3n) is 3.19. The van der Waals surface area contributed by atoms with Crippen LogP contribution < -0.4 is 0 Å². The van der Waals surface area contributed by atoms with E-state index in [0.717, 1.165) is 16.0 Å². The maximum absolute atomic E-state index is 4.54. The Bertz CT molecular complexity index is 559. The summed E-state index contributed by atoms with van der Waals surface area (Å²) in [5.41, 5.74) is 6.10. The van der Waals surface area contributed by atoms with Gasteiger partial charge in [0.05, 0.1) is 11.4 Å². The summed E-state index contributed by atoms with van der Waals surface area (Å²) in [6.07, 6.45) is 0. The lowest BCUT2D eigenvalue weighted by molar-refractivity contribution is 0.921. The molecule has 0 radical (unpaired) electrons. The SMILES string of the molecule is Cc1cc(Br)cc(C)c1-n1c(C)nc(C)c1C. The summed E-state index contributed by atoms with van der Waals surface area (Å²) in [5.74, 6) is 1.05. The van der Waals surface area contributed by atoms with Gasteiger partial charge in [-0.1, -0.05) is 15.9 Å². The van der Waals surface area contributed by atoms with Gasteiger partial charge in [0.1, 0.15) is 5.82 Å². The second-order valence-electron chi connectivity index (χ2n) is 4.55. The van der Waals surface area contributed by atoms with E-state index in [-0.39, 0.29) is 0 Å². The second kappa shape index (κ2) is 4.30. The van der Waals surface area contributed by atoms with Crippen LogP contribution in [0, 0.1) is 34.6 Å². The van der Waals surface area contributed by atoms with Gasteiger partial charge < -0.3 is 4.57 Å². The molecule has 0 unspecified atom stereocenters. The molecule has 0 fully saturated rings. The molecule has 90 valence electrons. The molecule has 17 heavy (non-hydrogen) atoms. The van der Waals surface area contributed by atoms with E-state index in [0.29, 0.717) is 0 Å². The summed E-state index contributed by atoms with van der Waals surface area (Å²) in [7, 11) is 0. The van der Waals surface area contributed by atoms with E-state index in [1.807, 2.05) is 0 Å². The van der Waals surface area contributed by atoms with E-state index in [1.54, 1.807) is 0 Å². The average molecular weight is 293 g/mol. The fraction of sp³-hybridized carbons (Fsp3) is 0.357. The number of rotatable bonds is 1. The van der Waals surface area contributed by atoms with Gasteiger partial charge in [-0.2, -0.15) is 0 Å². The summed E-state index contributed by atoms with van der Waals surface area (Å²) in [4.78, 5) is 4.54. The van der Waals surface area contributed by atoms with Gasteiger partial charge in [0.2, 0.25) is 0 Å². The molecule has 3 heteroatoms. The van der Waals surface area contributed by atoms with Crippen LogP contribution in [-0.4, -0.2) is 9.55 Å². The van der Waals surface area contributed by atoms with E-state index in [4.69, 9.17) is 0 Å². The number of aryl methyl sites for hydroxylation is 4. The van der Waals surface area contributed by atoms with Crippen LogP contribution in [0.2, 0.25) is 0 Å². The highest BCUT2D eigenvalue weighted by molar-refractivity contribution is 9.10. The molecule has 2 rings (SSSR count). The third kappa shape index (κ3) is 2.04. The van der Waals surface area contributed by atoms with E-state index in [2.05, 4.69) is 72.2 Å². The van der Waals surface area contributed by atoms with Gasteiger partial charge in [-0.3, -0.25) is 0 Å². The first-order valence-corrected chi connectivity index (χ1v) is 6.50. The van der Waals surface area contributed by atoms with Gasteiger partial charge in [-0.25, -0.2) is 4.98 Å². The van der Waals surface area contributed by atoms with Crippen molar-refractivity contribution in [2.45, 2.75) is 34.6 Å². The molecule has 0 bridgehead atoms. The molecule has 0 saturated carbocycles. The molecule has 0 aliphatic carbocycles. The van der Waals surface area contributed by atoms with Gasteiger partial charge in [0.15, 0.2) is 0 Å². The Hall–Kier alpha value is -1.09. The third-order valence-corrected chi connectivity index (χ3v) is 3.65. The zero-order valence-corrected chi connectivity index (χ0v) is 12.5. The monoisotopic (exact) mass is 292 g/mol. The van der Waals surface area contributed by atoms with Crippen LogP contribution in [0.3, 0.4) is 0 Å². The second-order valence-corrected chi connectivity index (χ2v) is 5.47. The predicted molar refractivity (Wildman–Crippen MR) is 74.9 cm³/mol. The first kappa shape index (κ1) is 12.4. The lowest BCUT2D eigenvalue weighted by Gasteiger charge is -2.15. The molecule has 0 spiro atoms. The highest BCUT2D eigenvalue weighted by Gasteiger charge is 2.13. The molecule has 0 amide bonds. The van der Waals surface area contributed by atoms with Crippen LogP contribution in [-0.2, 0) is 0 Å². The van der Waals surface area contributed by atoms with Crippen molar-refractivity contribution in [3.8, 4) is 5.69 Å². The molecule has 0 saturated heterocycles. The number of halogens is 1. The Morgan fingerprint density at radius 3 is 1.94 bits per heavy atom. The summed E-state index contributed by atoms with van der Waals surface area (Å²) < 4.78 is 3.37. The fourth-order valence-electron chi connectivity index (χ4n) is 2.36. The summed E-state index contributed by atoms with van der Waals surface area (Å²) in [6.45, 7) is 10.5. The summed E-state index contributed by atoms with van der Waals surface area (Å²) >= 11 is 3.54. The van der Waals surface area contributed by atoms with Gasteiger partial charge >= 0.3 is 0 Å². The van der Waals surface area contributed by atoms with Crippen LogP contribution in [0.4, 0.5) is 0 Å². The van der Waals surface area contributed by atoms with Gasteiger partial charge in [-0.05, 0) is 57.9 Å².